The highest BCUT2D eigenvalue weighted by Crippen LogP contribution is 2.23. The minimum absolute atomic E-state index is 0.114. The second-order valence-corrected chi connectivity index (χ2v) is 4.41. The third kappa shape index (κ3) is 3.61. The van der Waals surface area contributed by atoms with Gasteiger partial charge in [-0.3, -0.25) is 4.79 Å². The van der Waals surface area contributed by atoms with Crippen molar-refractivity contribution < 1.29 is 9.53 Å². The number of hydrogen-bond donors (Lipinski definition) is 1. The Morgan fingerprint density at radius 2 is 2.18 bits per heavy atom. The van der Waals surface area contributed by atoms with Gasteiger partial charge in [0, 0.05) is 19.1 Å². The van der Waals surface area contributed by atoms with Crippen molar-refractivity contribution in [3.63, 3.8) is 0 Å². The van der Waals surface area contributed by atoms with Gasteiger partial charge in [0.1, 0.15) is 5.75 Å². The number of nitrogens with two attached hydrogens (primary N) is 1. The number of likely N-dealkylation sites (N-methyl/N-ethyl adjacent to an activating group) is 1. The molecule has 1 atom stereocenters. The molecule has 1 aromatic carbocycles. The van der Waals surface area contributed by atoms with Crippen molar-refractivity contribution in [2.45, 2.75) is 12.5 Å². The molecule has 0 aliphatic carbocycles. The van der Waals surface area contributed by atoms with Crippen molar-refractivity contribution in [3.05, 3.63) is 28.8 Å². The van der Waals surface area contributed by atoms with Crippen LogP contribution in [-0.4, -0.2) is 38.1 Å². The third-order valence-electron chi connectivity index (χ3n) is 2.46. The molecule has 0 aliphatic heterocycles. The van der Waals surface area contributed by atoms with Crippen LogP contribution in [0, 0.1) is 0 Å². The number of benzene rings is 1. The molecule has 94 valence electrons. The Morgan fingerprint density at radius 3 is 2.65 bits per heavy atom. The number of halogens is 1. The lowest BCUT2D eigenvalue weighted by Gasteiger charge is -2.17. The molecule has 0 saturated carbocycles. The number of ether oxygens (including phenoxy) is 1. The quantitative estimate of drug-likeness (QED) is 0.884. The Balaban J connectivity index is 2.78. The van der Waals surface area contributed by atoms with Crippen molar-refractivity contribution in [1.82, 2.24) is 4.90 Å². The predicted octanol–water partition coefficient (Wildman–Crippen LogP) is 1.31. The minimum Gasteiger partial charge on any atom is -0.497 e. The van der Waals surface area contributed by atoms with E-state index in [2.05, 4.69) is 0 Å². The zero-order chi connectivity index (χ0) is 13.0. The van der Waals surface area contributed by atoms with E-state index in [1.165, 1.54) is 4.90 Å². The maximum absolute atomic E-state index is 11.6. The third-order valence-corrected chi connectivity index (χ3v) is 2.81. The zero-order valence-corrected chi connectivity index (χ0v) is 11.0. The molecule has 0 fully saturated rings. The minimum atomic E-state index is -0.573. The average molecular weight is 257 g/mol. The van der Waals surface area contributed by atoms with Gasteiger partial charge in [-0.05, 0) is 24.1 Å². The molecule has 0 heterocycles. The number of hydrogen-bond acceptors (Lipinski definition) is 3. The van der Waals surface area contributed by atoms with Gasteiger partial charge in [-0.15, -0.1) is 0 Å². The Morgan fingerprint density at radius 1 is 1.53 bits per heavy atom. The van der Waals surface area contributed by atoms with Gasteiger partial charge >= 0.3 is 0 Å². The summed E-state index contributed by atoms with van der Waals surface area (Å²) in [6, 6.07) is 4.76. The lowest BCUT2D eigenvalue weighted by Crippen LogP contribution is -2.41. The van der Waals surface area contributed by atoms with Gasteiger partial charge in [0.15, 0.2) is 0 Å². The molecule has 0 saturated heterocycles. The summed E-state index contributed by atoms with van der Waals surface area (Å²) in [6.07, 6.45) is 0.417. The fraction of sp³-hybridized carbons (Fsp3) is 0.417. The van der Waals surface area contributed by atoms with Crippen molar-refractivity contribution in [1.29, 1.82) is 0 Å². The largest absolute Gasteiger partial charge is 0.497 e. The first kappa shape index (κ1) is 13.8. The molecule has 0 aliphatic rings. The molecule has 1 amide bonds. The topological polar surface area (TPSA) is 55.6 Å². The first-order chi connectivity index (χ1) is 7.95. The number of carbonyl (C=O) groups excluding carboxylic acids is 1. The van der Waals surface area contributed by atoms with Crippen molar-refractivity contribution in [2.24, 2.45) is 5.73 Å². The monoisotopic (exact) mass is 256 g/mol. The summed E-state index contributed by atoms with van der Waals surface area (Å²) >= 11 is 6.08. The van der Waals surface area contributed by atoms with Crippen LogP contribution in [0.1, 0.15) is 5.56 Å². The van der Waals surface area contributed by atoms with E-state index in [0.29, 0.717) is 17.2 Å². The summed E-state index contributed by atoms with van der Waals surface area (Å²) in [5.41, 5.74) is 6.65. The second-order valence-electron chi connectivity index (χ2n) is 4.00. The maximum atomic E-state index is 11.6. The van der Waals surface area contributed by atoms with Gasteiger partial charge in [0.05, 0.1) is 13.2 Å². The molecule has 2 N–H and O–H groups in total. The molecule has 1 rings (SSSR count). The predicted molar refractivity (Wildman–Crippen MR) is 68.4 cm³/mol. The van der Waals surface area contributed by atoms with Gasteiger partial charge in [0.25, 0.3) is 0 Å². The number of amides is 1. The maximum Gasteiger partial charge on any atom is 0.239 e. The number of nitrogens with zero attached hydrogens (tertiary/aromatic N) is 1. The average Bonchev–Trinajstić information content (AvgIpc) is 2.30. The number of carbonyl (C=O) groups is 1. The molecule has 0 bridgehead atoms. The van der Waals surface area contributed by atoms with E-state index < -0.39 is 6.04 Å². The summed E-state index contributed by atoms with van der Waals surface area (Å²) in [4.78, 5) is 13.1. The van der Waals surface area contributed by atoms with E-state index in [1.54, 1.807) is 33.3 Å². The van der Waals surface area contributed by atoms with Crippen LogP contribution in [0.25, 0.3) is 0 Å². The van der Waals surface area contributed by atoms with Crippen molar-refractivity contribution in [3.8, 4) is 5.75 Å². The lowest BCUT2D eigenvalue weighted by molar-refractivity contribution is -0.130. The van der Waals surface area contributed by atoms with Crippen LogP contribution in [0.2, 0.25) is 5.02 Å². The Bertz CT molecular complexity index is 407. The Kier molecular flexibility index (Phi) is 4.78. The normalized spacial score (nSPS) is 12.1. The molecule has 0 aromatic heterocycles. The summed E-state index contributed by atoms with van der Waals surface area (Å²) in [6.45, 7) is 0. The first-order valence-corrected chi connectivity index (χ1v) is 5.62. The summed E-state index contributed by atoms with van der Waals surface area (Å²) < 4.78 is 5.05. The van der Waals surface area contributed by atoms with Crippen LogP contribution in [0.5, 0.6) is 5.75 Å². The van der Waals surface area contributed by atoms with Crippen LogP contribution < -0.4 is 10.5 Å². The van der Waals surface area contributed by atoms with Gasteiger partial charge in [0.2, 0.25) is 5.91 Å². The van der Waals surface area contributed by atoms with E-state index in [-0.39, 0.29) is 5.91 Å². The Labute approximate surface area is 106 Å². The lowest BCUT2D eigenvalue weighted by atomic mass is 10.1. The molecule has 0 spiro atoms. The van der Waals surface area contributed by atoms with Crippen molar-refractivity contribution in [2.75, 3.05) is 21.2 Å². The van der Waals surface area contributed by atoms with Crippen LogP contribution in [0.15, 0.2) is 18.2 Å². The standard InChI is InChI=1S/C12H17ClN2O2/c1-15(2)12(16)11(14)6-8-4-5-9(17-3)7-10(8)13/h4-5,7,11H,6,14H2,1-3H3. The number of rotatable bonds is 4. The Hall–Kier alpha value is -1.26. The highest BCUT2D eigenvalue weighted by Gasteiger charge is 2.17. The van der Waals surface area contributed by atoms with Crippen LogP contribution >= 0.6 is 11.6 Å². The van der Waals surface area contributed by atoms with Crippen molar-refractivity contribution >= 4 is 17.5 Å². The summed E-state index contributed by atoms with van der Waals surface area (Å²) in [7, 11) is 4.93. The SMILES string of the molecule is COc1ccc(CC(N)C(=O)N(C)C)c(Cl)c1. The van der Waals surface area contributed by atoms with E-state index in [1.807, 2.05) is 6.07 Å². The van der Waals surface area contributed by atoms with E-state index >= 15 is 0 Å². The fourth-order valence-corrected chi connectivity index (χ4v) is 1.72. The van der Waals surface area contributed by atoms with Gasteiger partial charge in [-0.2, -0.15) is 0 Å². The smallest absolute Gasteiger partial charge is 0.239 e. The summed E-state index contributed by atoms with van der Waals surface area (Å²) in [5, 5.41) is 0.561. The molecular weight excluding hydrogens is 240 g/mol. The van der Waals surface area contributed by atoms with E-state index in [4.69, 9.17) is 22.1 Å². The number of methoxy groups -OCH3 is 1. The first-order valence-electron chi connectivity index (χ1n) is 5.25. The van der Waals surface area contributed by atoms with Gasteiger partial charge < -0.3 is 15.4 Å². The molecule has 1 aromatic rings. The second kappa shape index (κ2) is 5.89. The summed E-state index contributed by atoms with van der Waals surface area (Å²) in [5.74, 6) is 0.572. The van der Waals surface area contributed by atoms with Gasteiger partial charge in [-0.25, -0.2) is 0 Å². The highest BCUT2D eigenvalue weighted by atomic mass is 35.5. The molecular formula is C12H17ClN2O2. The fourth-order valence-electron chi connectivity index (χ4n) is 1.48. The zero-order valence-electron chi connectivity index (χ0n) is 10.2. The van der Waals surface area contributed by atoms with Crippen LogP contribution in [0.4, 0.5) is 0 Å². The molecule has 0 radical (unpaired) electrons. The molecule has 1 unspecified atom stereocenters. The van der Waals surface area contributed by atoms with E-state index in [0.717, 1.165) is 5.56 Å². The van der Waals surface area contributed by atoms with Crippen LogP contribution in [-0.2, 0) is 11.2 Å². The van der Waals surface area contributed by atoms with Crippen LogP contribution in [0.3, 0.4) is 0 Å². The van der Waals surface area contributed by atoms with E-state index in [9.17, 15) is 4.79 Å². The molecule has 4 nitrogen and oxygen atoms in total. The highest BCUT2D eigenvalue weighted by molar-refractivity contribution is 6.31. The van der Waals surface area contributed by atoms with Gasteiger partial charge in [-0.1, -0.05) is 17.7 Å². The molecule has 5 heteroatoms. The molecule has 17 heavy (non-hydrogen) atoms.